The molecule has 0 radical (unpaired) electrons. The van der Waals surface area contributed by atoms with Crippen molar-refractivity contribution in [1.29, 1.82) is 0 Å². The summed E-state index contributed by atoms with van der Waals surface area (Å²) in [6.07, 6.45) is 7.65. The van der Waals surface area contributed by atoms with Gasteiger partial charge in [-0.15, -0.1) is 0 Å². The van der Waals surface area contributed by atoms with Crippen molar-refractivity contribution in [1.82, 2.24) is 0 Å². The summed E-state index contributed by atoms with van der Waals surface area (Å²) in [6, 6.07) is 4.21. The molecule has 2 N–H and O–H groups in total. The highest BCUT2D eigenvalue weighted by atomic mass is 16.3. The number of hydrogen-bond donors (Lipinski definition) is 2. The molecule has 106 valence electrons. The van der Waals surface area contributed by atoms with Crippen molar-refractivity contribution in [3.8, 4) is 5.75 Å². The second-order valence-electron chi connectivity index (χ2n) is 6.27. The Labute approximate surface area is 116 Å². The SMILES string of the molecule is Cc1cc(CCCO)c(O)c(C2(C)CCCCC2)c1. The van der Waals surface area contributed by atoms with Crippen LogP contribution in [-0.4, -0.2) is 16.8 Å². The van der Waals surface area contributed by atoms with Crippen molar-refractivity contribution in [3.63, 3.8) is 0 Å². The van der Waals surface area contributed by atoms with Gasteiger partial charge in [0, 0.05) is 12.2 Å². The number of aliphatic hydroxyl groups is 1. The average molecular weight is 262 g/mol. The van der Waals surface area contributed by atoms with Gasteiger partial charge in [0.15, 0.2) is 0 Å². The predicted octanol–water partition coefficient (Wildman–Crippen LogP) is 3.85. The molecule has 1 fully saturated rings. The largest absolute Gasteiger partial charge is 0.507 e. The number of aliphatic hydroxyl groups excluding tert-OH is 1. The van der Waals surface area contributed by atoms with Crippen LogP contribution in [-0.2, 0) is 11.8 Å². The van der Waals surface area contributed by atoms with Crippen LogP contribution in [0.5, 0.6) is 5.75 Å². The molecule has 0 saturated heterocycles. The highest BCUT2D eigenvalue weighted by Crippen LogP contribution is 2.44. The maximum Gasteiger partial charge on any atom is 0.122 e. The Morgan fingerprint density at radius 2 is 1.84 bits per heavy atom. The van der Waals surface area contributed by atoms with Crippen LogP contribution in [0, 0.1) is 6.92 Å². The van der Waals surface area contributed by atoms with Gasteiger partial charge in [0.1, 0.15) is 5.75 Å². The molecule has 1 aliphatic carbocycles. The zero-order valence-electron chi connectivity index (χ0n) is 12.2. The molecule has 0 atom stereocenters. The molecule has 0 spiro atoms. The number of phenolic OH excluding ortho intramolecular Hbond substituents is 1. The fourth-order valence-corrected chi connectivity index (χ4v) is 3.38. The molecule has 2 nitrogen and oxygen atoms in total. The van der Waals surface area contributed by atoms with Gasteiger partial charge in [-0.1, -0.05) is 43.9 Å². The third kappa shape index (κ3) is 3.11. The van der Waals surface area contributed by atoms with Gasteiger partial charge in [0.2, 0.25) is 0 Å². The Kier molecular flexibility index (Phi) is 4.51. The topological polar surface area (TPSA) is 40.5 Å². The van der Waals surface area contributed by atoms with Crippen LogP contribution in [0.1, 0.15) is 62.1 Å². The van der Waals surface area contributed by atoms with E-state index in [1.54, 1.807) is 0 Å². The van der Waals surface area contributed by atoms with Crippen LogP contribution < -0.4 is 0 Å². The number of benzene rings is 1. The molecule has 1 aliphatic rings. The Hall–Kier alpha value is -1.02. The summed E-state index contributed by atoms with van der Waals surface area (Å²) in [5, 5.41) is 19.6. The number of aryl methyl sites for hydroxylation is 2. The molecule has 0 unspecified atom stereocenters. The molecule has 0 aromatic heterocycles. The van der Waals surface area contributed by atoms with Gasteiger partial charge in [-0.25, -0.2) is 0 Å². The summed E-state index contributed by atoms with van der Waals surface area (Å²) in [7, 11) is 0. The van der Waals surface area contributed by atoms with Gasteiger partial charge in [0.05, 0.1) is 0 Å². The van der Waals surface area contributed by atoms with E-state index in [1.807, 2.05) is 0 Å². The first-order valence-corrected chi connectivity index (χ1v) is 7.51. The summed E-state index contributed by atoms with van der Waals surface area (Å²) in [5.74, 6) is 0.475. The van der Waals surface area contributed by atoms with Crippen LogP contribution in [0.25, 0.3) is 0 Å². The standard InChI is InChI=1S/C17H26O2/c1-13-11-14(7-6-10-18)16(19)15(12-13)17(2)8-4-3-5-9-17/h11-12,18-19H,3-10H2,1-2H3. The molecule has 2 heteroatoms. The Balaban J connectivity index is 2.36. The molecule has 1 aromatic carbocycles. The van der Waals surface area contributed by atoms with Crippen LogP contribution in [0.2, 0.25) is 0 Å². The van der Waals surface area contributed by atoms with Crippen LogP contribution >= 0.6 is 0 Å². The van der Waals surface area contributed by atoms with Gasteiger partial charge in [-0.05, 0) is 43.6 Å². The first kappa shape index (κ1) is 14.4. The molecule has 0 heterocycles. The first-order valence-electron chi connectivity index (χ1n) is 7.51. The van der Waals surface area contributed by atoms with E-state index >= 15 is 0 Å². The summed E-state index contributed by atoms with van der Waals surface area (Å²) in [4.78, 5) is 0. The third-order valence-electron chi connectivity index (χ3n) is 4.54. The minimum Gasteiger partial charge on any atom is -0.507 e. The molecule has 1 saturated carbocycles. The van der Waals surface area contributed by atoms with Crippen molar-refractivity contribution in [2.24, 2.45) is 0 Å². The maximum atomic E-state index is 10.6. The summed E-state index contributed by atoms with van der Waals surface area (Å²) >= 11 is 0. The van der Waals surface area contributed by atoms with E-state index in [1.165, 1.54) is 37.7 Å². The van der Waals surface area contributed by atoms with E-state index < -0.39 is 0 Å². The Bertz CT molecular complexity index is 431. The summed E-state index contributed by atoms with van der Waals surface area (Å²) in [6.45, 7) is 4.56. The number of aromatic hydroxyl groups is 1. The van der Waals surface area contributed by atoms with Crippen molar-refractivity contribution >= 4 is 0 Å². The normalized spacial score (nSPS) is 18.5. The minimum atomic E-state index is 0.127. The van der Waals surface area contributed by atoms with Crippen LogP contribution in [0.3, 0.4) is 0 Å². The lowest BCUT2D eigenvalue weighted by Gasteiger charge is -2.35. The molecular formula is C17H26O2. The second kappa shape index (κ2) is 5.96. The molecule has 0 aliphatic heterocycles. The molecule has 19 heavy (non-hydrogen) atoms. The second-order valence-corrected chi connectivity index (χ2v) is 6.27. The van der Waals surface area contributed by atoms with Crippen molar-refractivity contribution in [2.75, 3.05) is 6.61 Å². The highest BCUT2D eigenvalue weighted by molar-refractivity contribution is 5.47. The lowest BCUT2D eigenvalue weighted by atomic mass is 9.70. The lowest BCUT2D eigenvalue weighted by molar-refractivity contribution is 0.287. The Morgan fingerprint density at radius 1 is 1.16 bits per heavy atom. The zero-order valence-corrected chi connectivity index (χ0v) is 12.2. The molecule has 2 rings (SSSR count). The number of hydrogen-bond acceptors (Lipinski definition) is 2. The van der Waals surface area contributed by atoms with Gasteiger partial charge in [-0.3, -0.25) is 0 Å². The van der Waals surface area contributed by atoms with E-state index in [-0.39, 0.29) is 12.0 Å². The quantitative estimate of drug-likeness (QED) is 0.865. The molecular weight excluding hydrogens is 236 g/mol. The average Bonchev–Trinajstić information content (AvgIpc) is 2.40. The first-order chi connectivity index (χ1) is 9.07. The predicted molar refractivity (Wildman–Crippen MR) is 78.7 cm³/mol. The fourth-order valence-electron chi connectivity index (χ4n) is 3.38. The van der Waals surface area contributed by atoms with E-state index in [0.29, 0.717) is 12.2 Å². The van der Waals surface area contributed by atoms with Gasteiger partial charge in [-0.2, -0.15) is 0 Å². The van der Waals surface area contributed by atoms with E-state index in [9.17, 15) is 5.11 Å². The molecule has 0 bridgehead atoms. The van der Waals surface area contributed by atoms with E-state index in [0.717, 1.165) is 17.5 Å². The molecule has 0 amide bonds. The smallest absolute Gasteiger partial charge is 0.122 e. The number of phenols is 1. The van der Waals surface area contributed by atoms with Gasteiger partial charge < -0.3 is 10.2 Å². The number of rotatable bonds is 4. The van der Waals surface area contributed by atoms with Crippen molar-refractivity contribution in [3.05, 3.63) is 28.8 Å². The van der Waals surface area contributed by atoms with E-state index in [2.05, 4.69) is 26.0 Å². The molecule has 1 aromatic rings. The van der Waals surface area contributed by atoms with Gasteiger partial charge >= 0.3 is 0 Å². The van der Waals surface area contributed by atoms with Crippen LogP contribution in [0.4, 0.5) is 0 Å². The monoisotopic (exact) mass is 262 g/mol. The van der Waals surface area contributed by atoms with E-state index in [4.69, 9.17) is 5.11 Å². The fraction of sp³-hybridized carbons (Fsp3) is 0.647. The van der Waals surface area contributed by atoms with Gasteiger partial charge in [0.25, 0.3) is 0 Å². The van der Waals surface area contributed by atoms with Crippen molar-refractivity contribution < 1.29 is 10.2 Å². The lowest BCUT2D eigenvalue weighted by Crippen LogP contribution is -2.25. The summed E-state index contributed by atoms with van der Waals surface area (Å²) < 4.78 is 0. The summed E-state index contributed by atoms with van der Waals surface area (Å²) in [5.41, 5.74) is 3.46. The minimum absolute atomic E-state index is 0.127. The maximum absolute atomic E-state index is 10.6. The highest BCUT2D eigenvalue weighted by Gasteiger charge is 2.31. The Morgan fingerprint density at radius 3 is 2.47 bits per heavy atom. The van der Waals surface area contributed by atoms with Crippen molar-refractivity contribution in [2.45, 2.75) is 64.2 Å². The van der Waals surface area contributed by atoms with Crippen LogP contribution in [0.15, 0.2) is 12.1 Å². The third-order valence-corrected chi connectivity index (χ3v) is 4.54. The zero-order chi connectivity index (χ0) is 13.9.